The summed E-state index contributed by atoms with van der Waals surface area (Å²) in [5.41, 5.74) is -1.89. The van der Waals surface area contributed by atoms with Crippen molar-refractivity contribution in [1.82, 2.24) is 0 Å². The highest BCUT2D eigenvalue weighted by Crippen LogP contribution is 2.51. The molecule has 0 saturated heterocycles. The van der Waals surface area contributed by atoms with Gasteiger partial charge in [-0.25, -0.2) is 4.79 Å². The smallest absolute Gasteiger partial charge is 0.335 e. The van der Waals surface area contributed by atoms with Crippen LogP contribution < -0.4 is 0 Å². The zero-order valence-corrected chi connectivity index (χ0v) is 17.7. The second-order valence-electron chi connectivity index (χ2n) is 7.55. The van der Waals surface area contributed by atoms with E-state index in [-0.39, 0.29) is 12.0 Å². The summed E-state index contributed by atoms with van der Waals surface area (Å²) in [6.45, 7) is 5.11. The van der Waals surface area contributed by atoms with Gasteiger partial charge in [-0.15, -0.1) is 0 Å². The molecule has 0 amide bonds. The molecule has 0 heterocycles. The summed E-state index contributed by atoms with van der Waals surface area (Å²) in [5, 5.41) is 20.0. The number of hydrogen-bond donors (Lipinski definition) is 0. The summed E-state index contributed by atoms with van der Waals surface area (Å²) < 4.78 is 11.1. The van der Waals surface area contributed by atoms with Gasteiger partial charge in [0.05, 0.1) is 24.8 Å². The molecule has 1 aliphatic rings. The molecule has 7 heteroatoms. The monoisotopic (exact) mass is 444 g/mol. The lowest BCUT2D eigenvalue weighted by Gasteiger charge is -2.38. The van der Waals surface area contributed by atoms with Crippen molar-refractivity contribution in [3.63, 3.8) is 0 Å². The maximum atomic E-state index is 12.7. The Morgan fingerprint density at radius 2 is 1.75 bits per heavy atom. The van der Waals surface area contributed by atoms with E-state index in [1.165, 1.54) is 0 Å². The van der Waals surface area contributed by atoms with Gasteiger partial charge in [-0.1, -0.05) is 34.1 Å². The summed E-state index contributed by atoms with van der Waals surface area (Å²) in [6, 6.07) is 11.2. The molecule has 1 aromatic rings. The SMILES string of the molecule is COC(=O)[C@@H]1C(C(=O)OC(C)(C)C)=CC[C@H](c2ccc(Br)cc2)C1(C#N)C#N. The van der Waals surface area contributed by atoms with Gasteiger partial charge in [0.2, 0.25) is 0 Å². The summed E-state index contributed by atoms with van der Waals surface area (Å²) in [5.74, 6) is -3.52. The first-order chi connectivity index (χ1) is 13.1. The van der Waals surface area contributed by atoms with Crippen LogP contribution in [0.25, 0.3) is 0 Å². The van der Waals surface area contributed by atoms with Crippen molar-refractivity contribution in [2.45, 2.75) is 38.7 Å². The van der Waals surface area contributed by atoms with Crippen LogP contribution in [0, 0.1) is 34.0 Å². The van der Waals surface area contributed by atoms with Gasteiger partial charge in [-0.05, 0) is 44.9 Å². The lowest BCUT2D eigenvalue weighted by atomic mass is 9.59. The molecule has 1 aliphatic carbocycles. The van der Waals surface area contributed by atoms with E-state index in [1.54, 1.807) is 51.1 Å². The van der Waals surface area contributed by atoms with Crippen molar-refractivity contribution in [3.8, 4) is 12.1 Å². The predicted octanol–water partition coefficient (Wildman–Crippen LogP) is 4.03. The fourth-order valence-electron chi connectivity index (χ4n) is 3.37. The molecule has 0 bridgehead atoms. The number of rotatable bonds is 3. The zero-order valence-electron chi connectivity index (χ0n) is 16.2. The normalized spacial score (nSPS) is 20.9. The Kier molecular flexibility index (Phi) is 6.31. The molecule has 146 valence electrons. The number of esters is 2. The Morgan fingerprint density at radius 3 is 2.21 bits per heavy atom. The third kappa shape index (κ3) is 4.10. The first-order valence-corrected chi connectivity index (χ1v) is 9.48. The van der Waals surface area contributed by atoms with Crippen molar-refractivity contribution in [2.24, 2.45) is 11.3 Å². The van der Waals surface area contributed by atoms with Gasteiger partial charge < -0.3 is 9.47 Å². The van der Waals surface area contributed by atoms with Crippen molar-refractivity contribution in [1.29, 1.82) is 10.5 Å². The van der Waals surface area contributed by atoms with E-state index in [0.717, 1.165) is 17.1 Å². The maximum absolute atomic E-state index is 12.7. The van der Waals surface area contributed by atoms with Crippen molar-refractivity contribution in [3.05, 3.63) is 46.0 Å². The predicted molar refractivity (Wildman–Crippen MR) is 105 cm³/mol. The molecule has 28 heavy (non-hydrogen) atoms. The van der Waals surface area contributed by atoms with Crippen LogP contribution in [-0.2, 0) is 19.1 Å². The first kappa shape index (κ1) is 21.7. The number of carbonyl (C=O) groups excluding carboxylic acids is 2. The fourth-order valence-corrected chi connectivity index (χ4v) is 3.63. The Balaban J connectivity index is 2.64. The average molecular weight is 445 g/mol. The Morgan fingerprint density at radius 1 is 1.18 bits per heavy atom. The molecule has 2 rings (SSSR count). The molecule has 0 aromatic heterocycles. The summed E-state index contributed by atoms with van der Waals surface area (Å²) in [6.07, 6.45) is 1.82. The van der Waals surface area contributed by atoms with Gasteiger partial charge in [0.25, 0.3) is 0 Å². The highest BCUT2D eigenvalue weighted by atomic mass is 79.9. The molecule has 0 fully saturated rings. The van der Waals surface area contributed by atoms with E-state index in [9.17, 15) is 20.1 Å². The van der Waals surface area contributed by atoms with Crippen LogP contribution in [-0.4, -0.2) is 24.6 Å². The van der Waals surface area contributed by atoms with E-state index >= 15 is 0 Å². The molecule has 6 nitrogen and oxygen atoms in total. The Labute approximate surface area is 172 Å². The van der Waals surface area contributed by atoms with Gasteiger partial charge in [-0.3, -0.25) is 4.79 Å². The van der Waals surface area contributed by atoms with Crippen LogP contribution in [0.2, 0.25) is 0 Å². The molecular weight excluding hydrogens is 424 g/mol. The minimum Gasteiger partial charge on any atom is -0.468 e. The highest BCUT2D eigenvalue weighted by Gasteiger charge is 2.56. The van der Waals surface area contributed by atoms with E-state index in [0.29, 0.717) is 0 Å². The lowest BCUT2D eigenvalue weighted by Crippen LogP contribution is -2.45. The number of halogens is 1. The highest BCUT2D eigenvalue weighted by molar-refractivity contribution is 9.10. The maximum Gasteiger partial charge on any atom is 0.335 e. The number of benzene rings is 1. The van der Waals surface area contributed by atoms with Gasteiger partial charge >= 0.3 is 11.9 Å². The lowest BCUT2D eigenvalue weighted by molar-refractivity contribution is -0.156. The first-order valence-electron chi connectivity index (χ1n) is 8.68. The van der Waals surface area contributed by atoms with Crippen LogP contribution in [0.4, 0.5) is 0 Å². The quantitative estimate of drug-likeness (QED) is 0.652. The van der Waals surface area contributed by atoms with Crippen molar-refractivity contribution >= 4 is 27.9 Å². The Hall–Kier alpha value is -2.64. The topological polar surface area (TPSA) is 100 Å². The van der Waals surface area contributed by atoms with Crippen molar-refractivity contribution in [2.75, 3.05) is 7.11 Å². The van der Waals surface area contributed by atoms with Gasteiger partial charge in [0.15, 0.2) is 5.41 Å². The largest absolute Gasteiger partial charge is 0.468 e. The molecule has 0 saturated carbocycles. The Bertz CT molecular complexity index is 871. The van der Waals surface area contributed by atoms with Crippen LogP contribution in [0.5, 0.6) is 0 Å². The average Bonchev–Trinajstić information content (AvgIpc) is 2.65. The number of hydrogen-bond acceptors (Lipinski definition) is 6. The summed E-state index contributed by atoms with van der Waals surface area (Å²) in [4.78, 5) is 25.4. The van der Waals surface area contributed by atoms with Crippen LogP contribution in [0.3, 0.4) is 0 Å². The minimum absolute atomic E-state index is 0.0155. The number of ether oxygens (including phenoxy) is 2. The van der Waals surface area contributed by atoms with E-state index < -0.39 is 34.8 Å². The molecular formula is C21H21BrN2O4. The third-order valence-electron chi connectivity index (χ3n) is 4.60. The second kappa shape index (κ2) is 8.16. The van der Waals surface area contributed by atoms with Gasteiger partial charge in [-0.2, -0.15) is 10.5 Å². The van der Waals surface area contributed by atoms with Gasteiger partial charge in [0, 0.05) is 10.4 Å². The van der Waals surface area contributed by atoms with E-state index in [2.05, 4.69) is 15.9 Å². The van der Waals surface area contributed by atoms with Gasteiger partial charge in [0.1, 0.15) is 11.5 Å². The molecule has 0 spiro atoms. The number of carbonyl (C=O) groups is 2. The molecule has 2 atom stereocenters. The van der Waals surface area contributed by atoms with E-state index in [4.69, 9.17) is 9.47 Å². The number of nitriles is 2. The molecule has 0 N–H and O–H groups in total. The molecule has 0 radical (unpaired) electrons. The van der Waals surface area contributed by atoms with Crippen LogP contribution >= 0.6 is 15.9 Å². The van der Waals surface area contributed by atoms with Crippen LogP contribution in [0.1, 0.15) is 38.7 Å². The van der Waals surface area contributed by atoms with Crippen LogP contribution in [0.15, 0.2) is 40.4 Å². The summed E-state index contributed by atoms with van der Waals surface area (Å²) >= 11 is 3.36. The fraction of sp³-hybridized carbons (Fsp3) is 0.429. The minimum atomic E-state index is -1.80. The van der Waals surface area contributed by atoms with Crippen molar-refractivity contribution < 1.29 is 19.1 Å². The standard InChI is InChI=1S/C21H21BrN2O4/c1-20(2,3)28-18(25)15-9-10-16(13-5-7-14(22)8-6-13)21(11-23,12-24)17(15)19(26)27-4/h5-9,16-17H,10H2,1-4H3/t16-,17+/m1/s1. The molecule has 0 unspecified atom stereocenters. The number of allylic oxidation sites excluding steroid dienone is 1. The van der Waals surface area contributed by atoms with E-state index in [1.807, 2.05) is 12.1 Å². The zero-order chi connectivity index (χ0) is 21.1. The number of methoxy groups -OCH3 is 1. The molecule has 1 aromatic carbocycles. The number of nitrogens with zero attached hydrogens (tertiary/aromatic N) is 2. The summed E-state index contributed by atoms with van der Waals surface area (Å²) in [7, 11) is 1.16. The molecule has 0 aliphatic heterocycles. The second-order valence-corrected chi connectivity index (χ2v) is 8.47. The third-order valence-corrected chi connectivity index (χ3v) is 5.13.